The Morgan fingerprint density at radius 3 is 2.44 bits per heavy atom. The normalized spacial score (nSPS) is 10.6. The number of imidazole rings is 1. The third-order valence-electron chi connectivity index (χ3n) is 5.31. The van der Waals surface area contributed by atoms with Crippen LogP contribution >= 0.6 is 0 Å². The van der Waals surface area contributed by atoms with Crippen LogP contribution in [0.3, 0.4) is 0 Å². The van der Waals surface area contributed by atoms with Gasteiger partial charge in [-0.1, -0.05) is 12.1 Å². The molecule has 0 aliphatic rings. The highest BCUT2D eigenvalue weighted by Gasteiger charge is 2.09. The lowest BCUT2D eigenvalue weighted by atomic mass is 10.1. The fraction of sp³-hybridized carbons (Fsp3) is 0.167. The van der Waals surface area contributed by atoms with Gasteiger partial charge in [-0.3, -0.25) is 4.57 Å². The van der Waals surface area contributed by atoms with Gasteiger partial charge in [0.15, 0.2) is 0 Å². The average Bonchev–Trinajstić information content (AvgIpc) is 3.11. The van der Waals surface area contributed by atoms with E-state index in [1.807, 2.05) is 50.5 Å². The van der Waals surface area contributed by atoms with E-state index in [1.165, 1.54) is 6.33 Å². The fourth-order valence-corrected chi connectivity index (χ4v) is 3.15. The Labute approximate surface area is 186 Å². The largest absolute Gasteiger partial charge is 0.439 e. The molecule has 0 bridgehead atoms. The van der Waals surface area contributed by atoms with E-state index in [4.69, 9.17) is 4.74 Å². The lowest BCUT2D eigenvalue weighted by Crippen LogP contribution is -2.20. The predicted molar refractivity (Wildman–Crippen MR) is 124 cm³/mol. The zero-order chi connectivity index (χ0) is 22.7. The van der Waals surface area contributed by atoms with Gasteiger partial charge in [-0.15, -0.1) is 0 Å². The molecule has 4 rings (SSSR count). The highest BCUT2D eigenvalue weighted by atomic mass is 16.5. The quantitative estimate of drug-likeness (QED) is 0.448. The van der Waals surface area contributed by atoms with Crippen LogP contribution in [0.5, 0.6) is 11.6 Å². The Kier molecular flexibility index (Phi) is 5.85. The zero-order valence-corrected chi connectivity index (χ0v) is 18.4. The Hall–Kier alpha value is -4.20. The van der Waals surface area contributed by atoms with Gasteiger partial charge in [0.1, 0.15) is 24.2 Å². The van der Waals surface area contributed by atoms with Crippen LogP contribution in [0.25, 0.3) is 5.82 Å². The van der Waals surface area contributed by atoms with Gasteiger partial charge in [0.2, 0.25) is 5.88 Å². The number of anilines is 2. The van der Waals surface area contributed by atoms with Crippen molar-refractivity contribution in [3.05, 3.63) is 83.7 Å². The van der Waals surface area contributed by atoms with Crippen molar-refractivity contribution in [1.29, 1.82) is 0 Å². The van der Waals surface area contributed by atoms with Crippen molar-refractivity contribution in [1.82, 2.24) is 19.5 Å². The molecule has 162 valence electrons. The molecule has 0 aliphatic heterocycles. The summed E-state index contributed by atoms with van der Waals surface area (Å²) in [6, 6.07) is 14.3. The number of aromatic nitrogens is 4. The van der Waals surface area contributed by atoms with Gasteiger partial charge in [0, 0.05) is 23.1 Å². The molecule has 0 saturated heterocycles. The standard InChI is InChI=1S/C24H24N6O2/c1-15-6-5-7-21(16(15)2)29-24(31)28-19-8-10-20(11-9-19)32-23-12-22(25-13-26-23)30-14-27-17(3)18(30)4/h5-14H,1-4H3,(H2,28,29,31). The van der Waals surface area contributed by atoms with E-state index in [9.17, 15) is 4.79 Å². The maximum atomic E-state index is 12.3. The smallest absolute Gasteiger partial charge is 0.323 e. The number of hydrogen-bond acceptors (Lipinski definition) is 5. The molecule has 0 unspecified atom stereocenters. The number of urea groups is 1. The molecule has 0 radical (unpaired) electrons. The molecular weight excluding hydrogens is 404 g/mol. The highest BCUT2D eigenvalue weighted by molar-refractivity contribution is 6.00. The summed E-state index contributed by atoms with van der Waals surface area (Å²) in [6.45, 7) is 7.91. The van der Waals surface area contributed by atoms with Gasteiger partial charge in [-0.05, 0) is 69.2 Å². The monoisotopic (exact) mass is 428 g/mol. The minimum atomic E-state index is -0.307. The average molecular weight is 428 g/mol. The number of aryl methyl sites for hydroxylation is 2. The van der Waals surface area contributed by atoms with Gasteiger partial charge in [0.05, 0.1) is 5.69 Å². The number of amides is 2. The Morgan fingerprint density at radius 1 is 0.938 bits per heavy atom. The van der Waals surface area contributed by atoms with Crippen LogP contribution in [0.15, 0.2) is 61.2 Å². The van der Waals surface area contributed by atoms with Crippen LogP contribution in [0.2, 0.25) is 0 Å². The summed E-state index contributed by atoms with van der Waals surface area (Å²) in [6.07, 6.45) is 3.17. The Morgan fingerprint density at radius 2 is 1.72 bits per heavy atom. The summed E-state index contributed by atoms with van der Waals surface area (Å²) < 4.78 is 7.74. The van der Waals surface area contributed by atoms with Gasteiger partial charge in [-0.2, -0.15) is 0 Å². The molecule has 2 N–H and O–H groups in total. The summed E-state index contributed by atoms with van der Waals surface area (Å²) in [5, 5.41) is 5.70. The Balaban J connectivity index is 1.41. The molecule has 0 spiro atoms. The maximum Gasteiger partial charge on any atom is 0.323 e. The van der Waals surface area contributed by atoms with Gasteiger partial charge < -0.3 is 15.4 Å². The van der Waals surface area contributed by atoms with Crippen LogP contribution in [-0.4, -0.2) is 25.6 Å². The van der Waals surface area contributed by atoms with Crippen LogP contribution in [-0.2, 0) is 0 Å². The molecule has 8 heteroatoms. The molecule has 4 aromatic rings. The summed E-state index contributed by atoms with van der Waals surface area (Å²) in [4.78, 5) is 25.1. The molecule has 0 aliphatic carbocycles. The van der Waals surface area contributed by atoms with Crippen molar-refractivity contribution in [3.8, 4) is 17.4 Å². The van der Waals surface area contributed by atoms with E-state index >= 15 is 0 Å². The van der Waals surface area contributed by atoms with E-state index in [2.05, 4.69) is 25.6 Å². The molecule has 32 heavy (non-hydrogen) atoms. The van der Waals surface area contributed by atoms with Gasteiger partial charge in [0.25, 0.3) is 0 Å². The van der Waals surface area contributed by atoms with Crippen LogP contribution in [0.4, 0.5) is 16.2 Å². The van der Waals surface area contributed by atoms with Crippen molar-refractivity contribution < 1.29 is 9.53 Å². The number of nitrogens with zero attached hydrogens (tertiary/aromatic N) is 4. The molecule has 0 saturated carbocycles. The number of nitrogens with one attached hydrogen (secondary N) is 2. The second-order valence-electron chi connectivity index (χ2n) is 7.45. The molecule has 2 aromatic carbocycles. The summed E-state index contributed by atoms with van der Waals surface area (Å²) in [7, 11) is 0. The van der Waals surface area contributed by atoms with Crippen LogP contribution in [0.1, 0.15) is 22.5 Å². The summed E-state index contributed by atoms with van der Waals surface area (Å²) in [5.41, 5.74) is 5.53. The molecule has 0 atom stereocenters. The van der Waals surface area contributed by atoms with E-state index in [0.717, 1.165) is 28.2 Å². The molecule has 8 nitrogen and oxygen atoms in total. The summed E-state index contributed by atoms with van der Waals surface area (Å²) >= 11 is 0. The Bertz CT molecular complexity index is 1260. The van der Waals surface area contributed by atoms with Crippen molar-refractivity contribution in [2.24, 2.45) is 0 Å². The third-order valence-corrected chi connectivity index (χ3v) is 5.31. The molecular formula is C24H24N6O2. The summed E-state index contributed by atoms with van der Waals surface area (Å²) in [5.74, 6) is 1.68. The van der Waals surface area contributed by atoms with Crippen molar-refractivity contribution in [2.45, 2.75) is 27.7 Å². The highest BCUT2D eigenvalue weighted by Crippen LogP contribution is 2.23. The second-order valence-corrected chi connectivity index (χ2v) is 7.45. The number of rotatable bonds is 5. The zero-order valence-electron chi connectivity index (χ0n) is 18.4. The topological polar surface area (TPSA) is 94.0 Å². The van der Waals surface area contributed by atoms with Crippen LogP contribution < -0.4 is 15.4 Å². The molecule has 2 aromatic heterocycles. The van der Waals surface area contributed by atoms with E-state index in [-0.39, 0.29) is 6.03 Å². The first-order valence-corrected chi connectivity index (χ1v) is 10.2. The van der Waals surface area contributed by atoms with E-state index in [0.29, 0.717) is 23.1 Å². The lowest BCUT2D eigenvalue weighted by molar-refractivity contribution is 0.262. The third kappa shape index (κ3) is 4.59. The van der Waals surface area contributed by atoms with E-state index in [1.54, 1.807) is 36.7 Å². The van der Waals surface area contributed by atoms with Gasteiger partial charge >= 0.3 is 6.03 Å². The van der Waals surface area contributed by atoms with E-state index < -0.39 is 0 Å². The predicted octanol–water partition coefficient (Wildman–Crippen LogP) is 5.33. The first-order valence-electron chi connectivity index (χ1n) is 10.2. The fourth-order valence-electron chi connectivity index (χ4n) is 3.15. The van der Waals surface area contributed by atoms with Crippen molar-refractivity contribution >= 4 is 17.4 Å². The number of carbonyl (C=O) groups excluding carboxylic acids is 1. The maximum absolute atomic E-state index is 12.3. The molecule has 0 fully saturated rings. The first kappa shape index (κ1) is 21.0. The minimum Gasteiger partial charge on any atom is -0.439 e. The molecule has 2 amide bonds. The van der Waals surface area contributed by atoms with Crippen molar-refractivity contribution in [2.75, 3.05) is 10.6 Å². The van der Waals surface area contributed by atoms with Crippen molar-refractivity contribution in [3.63, 3.8) is 0 Å². The second kappa shape index (κ2) is 8.89. The number of benzene rings is 2. The van der Waals surface area contributed by atoms with Gasteiger partial charge in [-0.25, -0.2) is 19.7 Å². The minimum absolute atomic E-state index is 0.307. The van der Waals surface area contributed by atoms with Crippen LogP contribution in [0, 0.1) is 27.7 Å². The lowest BCUT2D eigenvalue weighted by Gasteiger charge is -2.12. The molecule has 2 heterocycles. The number of hydrogen-bond donors (Lipinski definition) is 2. The number of ether oxygens (including phenoxy) is 1. The first-order chi connectivity index (χ1) is 15.4. The number of carbonyl (C=O) groups is 1. The SMILES string of the molecule is Cc1cccc(NC(=O)Nc2ccc(Oc3cc(-n4cnc(C)c4C)ncn3)cc2)c1C.